The first-order valence-corrected chi connectivity index (χ1v) is 7.33. The average molecular weight is 306 g/mol. The number of aliphatic carboxylic acids is 1. The van der Waals surface area contributed by atoms with Gasteiger partial charge in [0.25, 0.3) is 0 Å². The topological polar surface area (TPSA) is 95.5 Å². The Bertz CT molecular complexity index is 502. The molecular formula is C16H22N2O4. The second-order valence-electron chi connectivity index (χ2n) is 5.06. The summed E-state index contributed by atoms with van der Waals surface area (Å²) in [5.41, 5.74) is 0.903. The standard InChI is InChI=1S/C16H22N2O4/c1-2-6-14(19)18-11-15(20)17-10-13(16(21)22)9-12-7-4-3-5-8-12/h3-5,7-8,13H,2,6,9-11H2,1H3,(H,17,20)(H,18,19)(H,21,22). The van der Waals surface area contributed by atoms with Crippen molar-refractivity contribution in [2.75, 3.05) is 13.1 Å². The summed E-state index contributed by atoms with van der Waals surface area (Å²) >= 11 is 0. The summed E-state index contributed by atoms with van der Waals surface area (Å²) in [5.74, 6) is -2.22. The molecule has 0 aliphatic carbocycles. The van der Waals surface area contributed by atoms with Crippen molar-refractivity contribution in [1.82, 2.24) is 10.6 Å². The highest BCUT2D eigenvalue weighted by molar-refractivity contribution is 5.84. The van der Waals surface area contributed by atoms with Crippen LogP contribution in [0.4, 0.5) is 0 Å². The van der Waals surface area contributed by atoms with Gasteiger partial charge < -0.3 is 15.7 Å². The molecule has 1 unspecified atom stereocenters. The van der Waals surface area contributed by atoms with Gasteiger partial charge in [0.2, 0.25) is 11.8 Å². The summed E-state index contributed by atoms with van der Waals surface area (Å²) in [6, 6.07) is 9.25. The highest BCUT2D eigenvalue weighted by Crippen LogP contribution is 2.08. The van der Waals surface area contributed by atoms with Gasteiger partial charge >= 0.3 is 5.97 Å². The van der Waals surface area contributed by atoms with E-state index in [1.54, 1.807) is 0 Å². The Kier molecular flexibility index (Phi) is 7.67. The maximum Gasteiger partial charge on any atom is 0.308 e. The quantitative estimate of drug-likeness (QED) is 0.633. The Balaban J connectivity index is 2.39. The third kappa shape index (κ3) is 6.88. The normalized spacial score (nSPS) is 11.5. The number of amides is 2. The number of carbonyl (C=O) groups excluding carboxylic acids is 2. The molecule has 0 spiro atoms. The molecule has 1 aromatic carbocycles. The van der Waals surface area contributed by atoms with Crippen LogP contribution in [0.1, 0.15) is 25.3 Å². The van der Waals surface area contributed by atoms with E-state index in [0.29, 0.717) is 19.3 Å². The lowest BCUT2D eigenvalue weighted by molar-refractivity contribution is -0.141. The molecular weight excluding hydrogens is 284 g/mol. The highest BCUT2D eigenvalue weighted by Gasteiger charge is 2.19. The fourth-order valence-corrected chi connectivity index (χ4v) is 1.94. The minimum atomic E-state index is -0.959. The van der Waals surface area contributed by atoms with E-state index in [1.807, 2.05) is 37.3 Å². The lowest BCUT2D eigenvalue weighted by Crippen LogP contribution is -2.40. The first-order chi connectivity index (χ1) is 10.5. The predicted octanol–water partition coefficient (Wildman–Crippen LogP) is 0.962. The minimum Gasteiger partial charge on any atom is -0.481 e. The van der Waals surface area contributed by atoms with Gasteiger partial charge in [0, 0.05) is 13.0 Å². The Hall–Kier alpha value is -2.37. The van der Waals surface area contributed by atoms with Gasteiger partial charge in [-0.25, -0.2) is 0 Å². The van der Waals surface area contributed by atoms with E-state index in [0.717, 1.165) is 5.56 Å². The van der Waals surface area contributed by atoms with Crippen LogP contribution in [0, 0.1) is 5.92 Å². The maximum atomic E-state index is 11.6. The van der Waals surface area contributed by atoms with E-state index in [1.165, 1.54) is 0 Å². The van der Waals surface area contributed by atoms with Crippen molar-refractivity contribution in [3.63, 3.8) is 0 Å². The number of carboxylic acid groups (broad SMARTS) is 1. The number of nitrogens with one attached hydrogen (secondary N) is 2. The van der Waals surface area contributed by atoms with Crippen molar-refractivity contribution < 1.29 is 19.5 Å². The van der Waals surface area contributed by atoms with Gasteiger partial charge in [-0.1, -0.05) is 37.3 Å². The molecule has 1 atom stereocenters. The van der Waals surface area contributed by atoms with E-state index in [-0.39, 0.29) is 24.9 Å². The monoisotopic (exact) mass is 306 g/mol. The second-order valence-corrected chi connectivity index (χ2v) is 5.06. The summed E-state index contributed by atoms with van der Waals surface area (Å²) in [5, 5.41) is 14.2. The predicted molar refractivity (Wildman–Crippen MR) is 82.2 cm³/mol. The number of hydrogen-bond donors (Lipinski definition) is 3. The second kappa shape index (κ2) is 9.55. The summed E-state index contributed by atoms with van der Waals surface area (Å²) in [6.07, 6.45) is 1.43. The molecule has 1 rings (SSSR count). The molecule has 0 bridgehead atoms. The van der Waals surface area contributed by atoms with Crippen LogP contribution < -0.4 is 10.6 Å². The van der Waals surface area contributed by atoms with Gasteiger partial charge in [0.05, 0.1) is 12.5 Å². The molecule has 6 heteroatoms. The molecule has 0 aliphatic rings. The van der Waals surface area contributed by atoms with Gasteiger partial charge in [-0.05, 0) is 18.4 Å². The van der Waals surface area contributed by atoms with Crippen molar-refractivity contribution in [2.24, 2.45) is 5.92 Å². The molecule has 3 N–H and O–H groups in total. The molecule has 0 heterocycles. The van der Waals surface area contributed by atoms with Crippen molar-refractivity contribution in [3.05, 3.63) is 35.9 Å². The molecule has 0 fully saturated rings. The van der Waals surface area contributed by atoms with Crippen LogP contribution in [0.3, 0.4) is 0 Å². The summed E-state index contributed by atoms with van der Waals surface area (Å²) in [6.45, 7) is 1.78. The van der Waals surface area contributed by atoms with Crippen LogP contribution in [-0.4, -0.2) is 36.0 Å². The Morgan fingerprint density at radius 1 is 1.09 bits per heavy atom. The van der Waals surface area contributed by atoms with Gasteiger partial charge in [0.1, 0.15) is 0 Å². The van der Waals surface area contributed by atoms with Gasteiger partial charge in [-0.15, -0.1) is 0 Å². The molecule has 2 amide bonds. The summed E-state index contributed by atoms with van der Waals surface area (Å²) < 4.78 is 0. The fraction of sp³-hybridized carbons (Fsp3) is 0.438. The van der Waals surface area contributed by atoms with Crippen LogP contribution in [0.5, 0.6) is 0 Å². The van der Waals surface area contributed by atoms with Crippen molar-refractivity contribution in [2.45, 2.75) is 26.2 Å². The number of hydrogen-bond acceptors (Lipinski definition) is 3. The van der Waals surface area contributed by atoms with Gasteiger partial charge in [0.15, 0.2) is 0 Å². The molecule has 0 saturated heterocycles. The zero-order chi connectivity index (χ0) is 16.4. The number of benzene rings is 1. The van der Waals surface area contributed by atoms with E-state index in [4.69, 9.17) is 0 Å². The first kappa shape index (κ1) is 17.7. The Morgan fingerprint density at radius 2 is 1.77 bits per heavy atom. The maximum absolute atomic E-state index is 11.6. The van der Waals surface area contributed by atoms with E-state index in [2.05, 4.69) is 10.6 Å². The molecule has 22 heavy (non-hydrogen) atoms. The minimum absolute atomic E-state index is 0.0344. The lowest BCUT2D eigenvalue weighted by atomic mass is 9.99. The first-order valence-electron chi connectivity index (χ1n) is 7.33. The smallest absolute Gasteiger partial charge is 0.308 e. The van der Waals surface area contributed by atoms with Crippen molar-refractivity contribution in [3.8, 4) is 0 Å². The fourth-order valence-electron chi connectivity index (χ4n) is 1.94. The van der Waals surface area contributed by atoms with Crippen molar-refractivity contribution >= 4 is 17.8 Å². The molecule has 0 aliphatic heterocycles. The van der Waals surface area contributed by atoms with Crippen LogP contribution in [0.15, 0.2) is 30.3 Å². The number of rotatable bonds is 9. The Labute approximate surface area is 129 Å². The molecule has 6 nitrogen and oxygen atoms in total. The summed E-state index contributed by atoms with van der Waals surface area (Å²) in [4.78, 5) is 34.1. The van der Waals surface area contributed by atoms with Crippen LogP contribution in [0.2, 0.25) is 0 Å². The summed E-state index contributed by atoms with van der Waals surface area (Å²) in [7, 11) is 0. The third-order valence-electron chi connectivity index (χ3n) is 3.14. The molecule has 0 radical (unpaired) electrons. The number of carboxylic acids is 1. The average Bonchev–Trinajstić information content (AvgIpc) is 2.50. The zero-order valence-corrected chi connectivity index (χ0v) is 12.7. The van der Waals surface area contributed by atoms with E-state index >= 15 is 0 Å². The molecule has 0 saturated carbocycles. The Morgan fingerprint density at radius 3 is 2.36 bits per heavy atom. The largest absolute Gasteiger partial charge is 0.481 e. The van der Waals surface area contributed by atoms with Crippen LogP contribution in [-0.2, 0) is 20.8 Å². The lowest BCUT2D eigenvalue weighted by Gasteiger charge is -2.14. The molecule has 1 aromatic rings. The SMILES string of the molecule is CCCC(=O)NCC(=O)NCC(Cc1ccccc1)C(=O)O. The van der Waals surface area contributed by atoms with E-state index < -0.39 is 11.9 Å². The van der Waals surface area contributed by atoms with Gasteiger partial charge in [-0.2, -0.15) is 0 Å². The van der Waals surface area contributed by atoms with Gasteiger partial charge in [-0.3, -0.25) is 14.4 Å². The molecule has 120 valence electrons. The van der Waals surface area contributed by atoms with Crippen molar-refractivity contribution in [1.29, 1.82) is 0 Å². The molecule has 0 aromatic heterocycles. The van der Waals surface area contributed by atoms with Crippen LogP contribution >= 0.6 is 0 Å². The highest BCUT2D eigenvalue weighted by atomic mass is 16.4. The van der Waals surface area contributed by atoms with Crippen LogP contribution in [0.25, 0.3) is 0 Å². The number of carbonyl (C=O) groups is 3. The van der Waals surface area contributed by atoms with E-state index in [9.17, 15) is 19.5 Å². The third-order valence-corrected chi connectivity index (χ3v) is 3.14. The zero-order valence-electron chi connectivity index (χ0n) is 12.7.